The summed E-state index contributed by atoms with van der Waals surface area (Å²) in [6, 6.07) is 0. The first-order valence-electron chi connectivity index (χ1n) is 11.0. The molecule has 2 N–H and O–H groups in total. The van der Waals surface area contributed by atoms with Gasteiger partial charge in [-0.2, -0.15) is 0 Å². The van der Waals surface area contributed by atoms with Crippen LogP contribution >= 0.6 is 0 Å². The van der Waals surface area contributed by atoms with Crippen molar-refractivity contribution in [2.24, 2.45) is 29.6 Å². The van der Waals surface area contributed by atoms with Crippen molar-refractivity contribution in [3.05, 3.63) is 12.3 Å². The van der Waals surface area contributed by atoms with Crippen molar-refractivity contribution >= 4 is 0 Å². The molecule has 3 saturated carbocycles. The summed E-state index contributed by atoms with van der Waals surface area (Å²) >= 11 is 0. The molecule has 0 bridgehead atoms. The number of halogens is 5. The van der Waals surface area contributed by atoms with Gasteiger partial charge in [0.15, 0.2) is 18.5 Å². The lowest BCUT2D eigenvalue weighted by atomic mass is 9.58. The van der Waals surface area contributed by atoms with Gasteiger partial charge in [0.25, 0.3) is 0 Å². The average Bonchev–Trinajstić information content (AvgIpc) is 2.76. The van der Waals surface area contributed by atoms with Crippen LogP contribution in [0.3, 0.4) is 0 Å². The lowest BCUT2D eigenvalue weighted by Gasteiger charge is -2.55. The highest BCUT2D eigenvalue weighted by Crippen LogP contribution is 2.52. The maximum absolute atomic E-state index is 14.0. The third-order valence-corrected chi connectivity index (χ3v) is 7.77. The molecule has 10 atom stereocenters. The number of aliphatic hydroxyl groups is 2. The first-order chi connectivity index (χ1) is 14.3. The van der Waals surface area contributed by atoms with E-state index < -0.39 is 55.7 Å². The van der Waals surface area contributed by atoms with Crippen molar-refractivity contribution in [1.29, 1.82) is 0 Å². The number of hydrogen-bond acceptors (Lipinski definition) is 4. The number of nitrogens with zero attached hydrogens (tertiary/aromatic N) is 1. The molecule has 0 aromatic heterocycles. The summed E-state index contributed by atoms with van der Waals surface area (Å²) in [5, 5.41) is 22.6. The first-order valence-corrected chi connectivity index (χ1v) is 11.0. The maximum atomic E-state index is 14.0. The highest BCUT2D eigenvalue weighted by atomic mass is 19.2. The predicted octanol–water partition coefficient (Wildman–Crippen LogP) is 3.93. The van der Waals surface area contributed by atoms with Crippen molar-refractivity contribution in [1.82, 2.24) is 5.06 Å². The highest BCUT2D eigenvalue weighted by molar-refractivity contribution is 5.02. The molecular weight excluding hydrogens is 409 g/mol. The zero-order chi connectivity index (χ0) is 21.6. The van der Waals surface area contributed by atoms with Crippen LogP contribution in [-0.4, -0.2) is 58.6 Å². The Kier molecular flexibility index (Phi) is 6.61. The number of allylic oxidation sites excluding steroid dienone is 1. The van der Waals surface area contributed by atoms with E-state index in [9.17, 15) is 32.2 Å². The largest absolute Gasteiger partial charge is 0.409 e. The van der Waals surface area contributed by atoms with E-state index in [-0.39, 0.29) is 17.8 Å². The minimum absolute atomic E-state index is 0.0179. The van der Waals surface area contributed by atoms with Crippen LogP contribution in [0.25, 0.3) is 0 Å². The van der Waals surface area contributed by atoms with Gasteiger partial charge in [-0.25, -0.2) is 22.0 Å². The average molecular weight is 439 g/mol. The Hall–Kier alpha value is -0.930. The van der Waals surface area contributed by atoms with Gasteiger partial charge in [0, 0.05) is 17.8 Å². The summed E-state index contributed by atoms with van der Waals surface area (Å²) < 4.78 is 68.3. The predicted molar refractivity (Wildman–Crippen MR) is 98.3 cm³/mol. The van der Waals surface area contributed by atoms with E-state index in [2.05, 4.69) is 0 Å². The molecule has 0 aromatic rings. The van der Waals surface area contributed by atoms with Crippen molar-refractivity contribution in [2.45, 2.75) is 88.3 Å². The van der Waals surface area contributed by atoms with E-state index in [0.29, 0.717) is 5.92 Å². The fourth-order valence-electron chi connectivity index (χ4n) is 6.28. The first kappa shape index (κ1) is 22.3. The standard InChI is InChI=1S/C21H30F5NO3/c22-15-13(16(23)18(25)19(26)17(15)24)8-3-9-30-27-20(28)11-6-1-4-10-5-2-7-12(14(10)11)21(27)29/h3,9-21,28-29H,1-2,4-8H2/b9-3+/t10?,11?,12?,13?,14?,15-,16?,17?,18?,19?,20?,21?/m0/s1. The maximum Gasteiger partial charge on any atom is 0.168 e. The van der Waals surface area contributed by atoms with Gasteiger partial charge in [-0.1, -0.05) is 30.7 Å². The highest BCUT2D eigenvalue weighted by Gasteiger charge is 2.54. The van der Waals surface area contributed by atoms with Crippen molar-refractivity contribution in [3.8, 4) is 0 Å². The van der Waals surface area contributed by atoms with E-state index in [1.165, 1.54) is 6.08 Å². The van der Waals surface area contributed by atoms with Crippen LogP contribution < -0.4 is 0 Å². The van der Waals surface area contributed by atoms with Crippen molar-refractivity contribution < 1.29 is 37.0 Å². The van der Waals surface area contributed by atoms with Gasteiger partial charge in [-0.3, -0.25) is 0 Å². The molecule has 172 valence electrons. The third-order valence-electron chi connectivity index (χ3n) is 7.77. The van der Waals surface area contributed by atoms with Gasteiger partial charge in [-0.15, -0.1) is 0 Å². The van der Waals surface area contributed by atoms with Crippen LogP contribution in [0, 0.1) is 29.6 Å². The number of hydroxylamine groups is 2. The lowest BCUT2D eigenvalue weighted by molar-refractivity contribution is -0.342. The molecule has 4 nitrogen and oxygen atoms in total. The number of aliphatic hydroxyl groups excluding tert-OH is 2. The molecule has 3 aliphatic carbocycles. The van der Waals surface area contributed by atoms with Crippen LogP contribution in [0.4, 0.5) is 22.0 Å². The molecular formula is C21H30F5NO3. The quantitative estimate of drug-likeness (QED) is 0.515. The van der Waals surface area contributed by atoms with Gasteiger partial charge in [-0.05, 0) is 37.2 Å². The molecule has 1 heterocycles. The normalized spacial score (nSPS) is 52.2. The van der Waals surface area contributed by atoms with Gasteiger partial charge < -0.3 is 15.1 Å². The van der Waals surface area contributed by atoms with Crippen LogP contribution in [0.2, 0.25) is 0 Å². The Morgan fingerprint density at radius 1 is 0.767 bits per heavy atom. The van der Waals surface area contributed by atoms with Crippen LogP contribution in [0.15, 0.2) is 12.3 Å². The van der Waals surface area contributed by atoms with Gasteiger partial charge in [0.05, 0.1) is 0 Å². The van der Waals surface area contributed by atoms with E-state index >= 15 is 0 Å². The Labute approximate surface area is 173 Å². The van der Waals surface area contributed by atoms with Crippen molar-refractivity contribution in [3.63, 3.8) is 0 Å². The summed E-state index contributed by atoms with van der Waals surface area (Å²) in [4.78, 5) is 5.43. The molecule has 0 amide bonds. The second-order valence-electron chi connectivity index (χ2n) is 9.31. The Balaban J connectivity index is 1.39. The summed E-state index contributed by atoms with van der Waals surface area (Å²) in [5.74, 6) is -0.952. The van der Waals surface area contributed by atoms with Crippen LogP contribution in [0.1, 0.15) is 44.9 Å². The number of rotatable bonds is 4. The summed E-state index contributed by atoms with van der Waals surface area (Å²) in [6.07, 6.45) is -7.39. The topological polar surface area (TPSA) is 52.9 Å². The monoisotopic (exact) mass is 439 g/mol. The molecule has 9 unspecified atom stereocenters. The van der Waals surface area contributed by atoms with Gasteiger partial charge in [0.1, 0.15) is 31.1 Å². The molecule has 1 saturated heterocycles. The zero-order valence-electron chi connectivity index (χ0n) is 16.7. The smallest absolute Gasteiger partial charge is 0.168 e. The minimum atomic E-state index is -2.81. The number of alkyl halides is 5. The van der Waals surface area contributed by atoms with Gasteiger partial charge in [0.2, 0.25) is 0 Å². The summed E-state index contributed by atoms with van der Waals surface area (Å²) in [6.45, 7) is 0. The molecule has 4 fully saturated rings. The fourth-order valence-corrected chi connectivity index (χ4v) is 6.28. The zero-order valence-corrected chi connectivity index (χ0v) is 16.7. The summed E-state index contributed by atoms with van der Waals surface area (Å²) in [5.41, 5.74) is 0. The third kappa shape index (κ3) is 3.75. The molecule has 4 rings (SSSR count). The van der Waals surface area contributed by atoms with Crippen LogP contribution in [-0.2, 0) is 4.84 Å². The SMILES string of the molecule is OC1C2CCCC3CCCC(C32)C(O)N1O/C=C/CC1C(F)C(F)C(F)C(F)[C@H]1F. The van der Waals surface area contributed by atoms with Crippen molar-refractivity contribution in [2.75, 3.05) is 0 Å². The van der Waals surface area contributed by atoms with E-state index in [1.807, 2.05) is 0 Å². The molecule has 0 aromatic carbocycles. The molecule has 1 aliphatic heterocycles. The summed E-state index contributed by atoms with van der Waals surface area (Å²) in [7, 11) is 0. The van der Waals surface area contributed by atoms with E-state index in [1.54, 1.807) is 0 Å². The Morgan fingerprint density at radius 2 is 1.27 bits per heavy atom. The van der Waals surface area contributed by atoms with E-state index in [4.69, 9.17) is 4.84 Å². The second-order valence-corrected chi connectivity index (χ2v) is 9.31. The van der Waals surface area contributed by atoms with E-state index in [0.717, 1.165) is 49.9 Å². The molecule has 0 spiro atoms. The number of hydrogen-bond donors (Lipinski definition) is 2. The Bertz CT molecular complexity index is 587. The second kappa shape index (κ2) is 8.90. The Morgan fingerprint density at radius 3 is 1.80 bits per heavy atom. The molecule has 30 heavy (non-hydrogen) atoms. The molecule has 0 radical (unpaired) electrons. The fraction of sp³-hybridized carbons (Fsp3) is 0.905. The number of piperidine rings is 1. The molecule has 4 aliphatic rings. The molecule has 9 heteroatoms. The minimum Gasteiger partial charge on any atom is -0.409 e. The van der Waals surface area contributed by atoms with Crippen LogP contribution in [0.5, 0.6) is 0 Å². The van der Waals surface area contributed by atoms with Gasteiger partial charge >= 0.3 is 0 Å². The lowest BCUT2D eigenvalue weighted by Crippen LogP contribution is -2.61.